The van der Waals surface area contributed by atoms with Crippen LogP contribution in [0.2, 0.25) is 0 Å². The molecule has 13 heteroatoms. The SMILES string of the molecule is CC1=CC(C)=[N+]2C1=C(CCCC(=O)N1CCC(CN(C(=O)[C@@H]3CCN(Cc4ccccc4)C3)c3ccc([As]4SCCS4)cc3)CC1)c1c(C)cc(C)n1[B-]2(F)F. The number of anilines is 1. The van der Waals surface area contributed by atoms with Gasteiger partial charge in [0.05, 0.1) is 0 Å². The first kappa shape index (κ1) is 39.8. The molecule has 0 spiro atoms. The van der Waals surface area contributed by atoms with E-state index in [1.165, 1.54) is 30.4 Å². The predicted molar refractivity (Wildman–Crippen MR) is 231 cm³/mol. The predicted octanol–water partition coefficient (Wildman–Crippen LogP) is 7.63. The van der Waals surface area contributed by atoms with Crippen molar-refractivity contribution in [2.75, 3.05) is 49.1 Å². The summed E-state index contributed by atoms with van der Waals surface area (Å²) in [5, 5.41) is 0. The molecule has 296 valence electrons. The Morgan fingerprint density at radius 3 is 2.38 bits per heavy atom. The molecule has 0 N–H and O–H groups in total. The van der Waals surface area contributed by atoms with Crippen LogP contribution in [0.5, 0.6) is 0 Å². The molecule has 8 rings (SSSR count). The summed E-state index contributed by atoms with van der Waals surface area (Å²) in [6.07, 6.45) is 5.97. The number of halogens is 2. The summed E-state index contributed by atoms with van der Waals surface area (Å²) in [5.74, 6) is 3.10. The maximum absolute atomic E-state index is 16.0. The molecular weight excluding hydrogens is 806 g/mol. The van der Waals surface area contributed by atoms with Crippen LogP contribution < -0.4 is 9.25 Å². The first-order valence-electron chi connectivity index (χ1n) is 20.3. The molecule has 56 heavy (non-hydrogen) atoms. The number of aryl methyl sites for hydroxylation is 2. The zero-order valence-electron chi connectivity index (χ0n) is 33.1. The van der Waals surface area contributed by atoms with Crippen molar-refractivity contribution >= 4 is 72.5 Å². The number of likely N-dealkylation sites (tertiary alicyclic amines) is 2. The number of benzene rings is 2. The zero-order chi connectivity index (χ0) is 39.1. The molecule has 3 fully saturated rings. The van der Waals surface area contributed by atoms with E-state index in [1.54, 1.807) is 13.8 Å². The largest absolute Gasteiger partial charge is 0.737 e. The minimum absolute atomic E-state index is 0.0312. The standard InChI is InChI=1S/C43H53AsBF2N5O2S2/c1-30-25-32(3)51-41(30)39(42-31(2)26-33(4)52(42)45(51,46)47)11-8-12-40(53)49-21-17-35(18-22-49)28-50(38-15-13-37(14-16-38)44-55-23-24-56-44)43(54)36-19-20-48(29-36)27-34-9-6-5-7-10-34/h5-7,9-10,13-16,25-26,35-36H,8,11-12,17-24,27-29H2,1-4H3/t36-/m1/s1. The molecule has 0 saturated carbocycles. The normalized spacial score (nSPS) is 21.5. The summed E-state index contributed by atoms with van der Waals surface area (Å²) < 4.78 is 35.9. The monoisotopic (exact) mass is 859 g/mol. The van der Waals surface area contributed by atoms with Gasteiger partial charge in [-0.2, -0.15) is 0 Å². The third kappa shape index (κ3) is 7.89. The Bertz CT molecular complexity index is 2070. The Hall–Kier alpha value is -3.05. The Morgan fingerprint density at radius 1 is 0.946 bits per heavy atom. The van der Waals surface area contributed by atoms with Crippen LogP contribution >= 0.6 is 20.0 Å². The van der Waals surface area contributed by atoms with Gasteiger partial charge in [0.2, 0.25) is 0 Å². The second kappa shape index (κ2) is 16.7. The van der Waals surface area contributed by atoms with E-state index in [9.17, 15) is 9.59 Å². The molecule has 1 aromatic heterocycles. The molecule has 2 amide bonds. The van der Waals surface area contributed by atoms with E-state index in [0.717, 1.165) is 61.3 Å². The van der Waals surface area contributed by atoms with Gasteiger partial charge in [0.15, 0.2) is 5.70 Å². The first-order chi connectivity index (χ1) is 27.0. The second-order valence-corrected chi connectivity index (χ2v) is 28.0. The fraction of sp³-hybridized carbons (Fsp3) is 0.465. The number of rotatable bonds is 11. The molecule has 0 unspecified atom stereocenters. The van der Waals surface area contributed by atoms with E-state index in [1.807, 2.05) is 37.0 Å². The number of allylic oxidation sites excluding steroid dienone is 3. The van der Waals surface area contributed by atoms with E-state index in [2.05, 4.69) is 78.4 Å². The van der Waals surface area contributed by atoms with Gasteiger partial charge in [-0.15, -0.1) is 0 Å². The molecule has 6 heterocycles. The number of hydrogen-bond acceptors (Lipinski definition) is 5. The molecule has 1 atom stereocenters. The van der Waals surface area contributed by atoms with Crippen molar-refractivity contribution in [3.05, 3.63) is 101 Å². The van der Waals surface area contributed by atoms with Crippen LogP contribution in [0.25, 0.3) is 5.57 Å². The summed E-state index contributed by atoms with van der Waals surface area (Å²) >= 11 is -1.11. The van der Waals surface area contributed by atoms with Gasteiger partial charge in [-0.1, -0.05) is 18.2 Å². The van der Waals surface area contributed by atoms with Gasteiger partial charge in [0, 0.05) is 29.8 Å². The maximum Gasteiger partial charge on any atom is 0.737 e. The molecule has 7 nitrogen and oxygen atoms in total. The Morgan fingerprint density at radius 2 is 1.66 bits per heavy atom. The Kier molecular flexibility index (Phi) is 11.8. The van der Waals surface area contributed by atoms with Crippen molar-refractivity contribution in [2.45, 2.75) is 72.8 Å². The molecule has 3 aromatic rings. The number of amides is 2. The van der Waals surface area contributed by atoms with Crippen molar-refractivity contribution in [1.29, 1.82) is 0 Å². The van der Waals surface area contributed by atoms with Crippen molar-refractivity contribution < 1.29 is 22.7 Å². The third-order valence-corrected chi connectivity index (χ3v) is 26.0. The third-order valence-electron chi connectivity index (χ3n) is 12.3. The molecule has 5 aliphatic heterocycles. The topological polar surface area (TPSA) is 51.8 Å². The van der Waals surface area contributed by atoms with Gasteiger partial charge in [0.25, 0.3) is 0 Å². The van der Waals surface area contributed by atoms with Gasteiger partial charge in [-0.05, 0) is 50.9 Å². The number of piperidine rings is 1. The van der Waals surface area contributed by atoms with E-state index in [0.29, 0.717) is 67.6 Å². The van der Waals surface area contributed by atoms with Crippen LogP contribution in [0.1, 0.15) is 74.9 Å². The number of fused-ring (bicyclic) bond motifs is 2. The number of nitrogens with zero attached hydrogens (tertiary/aromatic N) is 5. The van der Waals surface area contributed by atoms with Crippen LogP contribution in [-0.2, 0) is 16.1 Å². The van der Waals surface area contributed by atoms with Crippen molar-refractivity contribution in [1.82, 2.24) is 14.3 Å². The van der Waals surface area contributed by atoms with Gasteiger partial charge in [0.1, 0.15) is 5.71 Å². The average Bonchev–Trinajstić information content (AvgIpc) is 4.00. The maximum atomic E-state index is 16.0. The molecular formula is C43H53AsBF2N5O2S2. The second-order valence-electron chi connectivity index (χ2n) is 16.2. The Labute approximate surface area is 341 Å². The van der Waals surface area contributed by atoms with Crippen molar-refractivity contribution in [3.8, 4) is 0 Å². The summed E-state index contributed by atoms with van der Waals surface area (Å²) in [7, 11) is 4.28. The quantitative estimate of drug-likeness (QED) is 0.186. The minimum atomic E-state index is -4.00. The van der Waals surface area contributed by atoms with E-state index in [4.69, 9.17) is 0 Å². The van der Waals surface area contributed by atoms with Crippen LogP contribution in [0, 0.1) is 25.7 Å². The smallest absolute Gasteiger partial charge is 0.394 e. The molecule has 3 saturated heterocycles. The van der Waals surface area contributed by atoms with Gasteiger partial charge in [-0.25, -0.2) is 0 Å². The fourth-order valence-electron chi connectivity index (χ4n) is 9.61. The summed E-state index contributed by atoms with van der Waals surface area (Å²) in [6.45, 7) is 7.92. The van der Waals surface area contributed by atoms with E-state index < -0.39 is 19.3 Å². The zero-order valence-corrected chi connectivity index (χ0v) is 36.6. The summed E-state index contributed by atoms with van der Waals surface area (Å²) in [4.78, 5) is 34.5. The number of hydrogen-bond donors (Lipinski definition) is 0. The Balaban J connectivity index is 0.905. The van der Waals surface area contributed by atoms with Crippen LogP contribution in [0.4, 0.5) is 14.3 Å². The molecule has 5 aliphatic rings. The van der Waals surface area contributed by atoms with Gasteiger partial charge >= 0.3 is 216 Å². The summed E-state index contributed by atoms with van der Waals surface area (Å²) in [6, 6.07) is 21.3. The van der Waals surface area contributed by atoms with E-state index in [-0.39, 0.29) is 17.7 Å². The minimum Gasteiger partial charge on any atom is -0.394 e. The van der Waals surface area contributed by atoms with Gasteiger partial charge < -0.3 is 17.6 Å². The molecule has 0 radical (unpaired) electrons. The average molecular weight is 860 g/mol. The van der Waals surface area contributed by atoms with Crippen LogP contribution in [-0.4, -0.2) is 99.8 Å². The van der Waals surface area contributed by atoms with Gasteiger partial charge in [-0.3, -0.25) is 0 Å². The number of aromatic nitrogens is 1. The first-order valence-corrected chi connectivity index (χ1v) is 27.7. The molecule has 2 aromatic carbocycles. The number of carbonyl (C=O) groups is 2. The van der Waals surface area contributed by atoms with Crippen LogP contribution in [0.3, 0.4) is 0 Å². The van der Waals surface area contributed by atoms with Crippen molar-refractivity contribution in [2.24, 2.45) is 11.8 Å². The number of carbonyl (C=O) groups excluding carboxylic acids is 2. The van der Waals surface area contributed by atoms with Crippen LogP contribution in [0.15, 0.2) is 78.0 Å². The van der Waals surface area contributed by atoms with Crippen molar-refractivity contribution in [3.63, 3.8) is 0 Å². The van der Waals surface area contributed by atoms with E-state index >= 15 is 8.63 Å². The fourth-order valence-corrected chi connectivity index (χ4v) is 23.7. The molecule has 0 bridgehead atoms. The molecule has 0 aliphatic carbocycles. The summed E-state index contributed by atoms with van der Waals surface area (Å²) in [5.41, 5.74) is 7.24.